The van der Waals surface area contributed by atoms with E-state index in [9.17, 15) is 13.6 Å². The van der Waals surface area contributed by atoms with E-state index in [1.165, 1.54) is 18.2 Å². The normalized spacial score (nSPS) is 15.5. The van der Waals surface area contributed by atoms with E-state index < -0.39 is 11.1 Å². The smallest absolute Gasteiger partial charge is 0.145 e. The summed E-state index contributed by atoms with van der Waals surface area (Å²) < 4.78 is 20.7. The zero-order valence-electron chi connectivity index (χ0n) is 6.65. The van der Waals surface area contributed by atoms with Gasteiger partial charge >= 0.3 is 0 Å². The summed E-state index contributed by atoms with van der Waals surface area (Å²) in [6, 6.07) is 0. The lowest BCUT2D eigenvalue weighted by molar-refractivity contribution is -0.104. The molecule has 66 valence electrons. The Morgan fingerprint density at radius 1 is 1.50 bits per heavy atom. The molecule has 12 heavy (non-hydrogen) atoms. The third-order valence-electron chi connectivity index (χ3n) is 1.09. The Balaban J connectivity index is 4.62. The first-order chi connectivity index (χ1) is 5.61. The predicted molar refractivity (Wildman–Crippen MR) is 47.0 cm³/mol. The second-order valence-corrected chi connectivity index (χ2v) is 2.98. The molecule has 0 aliphatic heterocycles. The first-order valence-corrected chi connectivity index (χ1v) is 4.24. The summed E-state index contributed by atoms with van der Waals surface area (Å²) in [6.45, 7) is 4.89. The van der Waals surface area contributed by atoms with Crippen molar-refractivity contribution < 1.29 is 13.6 Å². The van der Waals surface area contributed by atoms with Gasteiger partial charge in [0, 0.05) is 4.91 Å². The van der Waals surface area contributed by atoms with Crippen molar-refractivity contribution in [3.05, 3.63) is 35.3 Å². The molecule has 1 atom stereocenters. The maximum absolute atomic E-state index is 10.4. The molecule has 0 aromatic heterocycles. The van der Waals surface area contributed by atoms with Crippen LogP contribution in [0.25, 0.3) is 0 Å². The Kier molecular flexibility index (Phi) is 5.16. The second kappa shape index (κ2) is 5.62. The topological polar surface area (TPSA) is 57.2 Å². The highest BCUT2D eigenvalue weighted by atomic mass is 32.2. The Hall–Kier alpha value is -1.00. The van der Waals surface area contributed by atoms with E-state index in [0.29, 0.717) is 11.9 Å². The average Bonchev–Trinajstić information content (AvgIpc) is 2.04. The van der Waals surface area contributed by atoms with Crippen LogP contribution in [0.1, 0.15) is 6.92 Å². The molecule has 0 saturated heterocycles. The molecule has 0 bridgehead atoms. The van der Waals surface area contributed by atoms with Crippen LogP contribution in [0, 0.1) is 0 Å². The molecule has 0 saturated carbocycles. The van der Waals surface area contributed by atoms with Gasteiger partial charge in [0.25, 0.3) is 0 Å². The fourth-order valence-corrected chi connectivity index (χ4v) is 0.760. The maximum Gasteiger partial charge on any atom is 0.145 e. The minimum atomic E-state index is -2.29. The van der Waals surface area contributed by atoms with Crippen LogP contribution in [0.4, 0.5) is 0 Å². The Labute approximate surface area is 73.8 Å². The van der Waals surface area contributed by atoms with E-state index in [1.54, 1.807) is 6.92 Å². The quantitative estimate of drug-likeness (QED) is 0.285. The van der Waals surface area contributed by atoms with Crippen LogP contribution in [0.5, 0.6) is 0 Å². The fourth-order valence-electron chi connectivity index (χ4n) is 0.445. The summed E-state index contributed by atoms with van der Waals surface area (Å²) >= 11 is -2.29. The van der Waals surface area contributed by atoms with Crippen molar-refractivity contribution in [3.8, 4) is 0 Å². The summed E-state index contributed by atoms with van der Waals surface area (Å²) in [4.78, 5) is 10.2. The van der Waals surface area contributed by atoms with Gasteiger partial charge in [0.1, 0.15) is 6.29 Å². The molecule has 0 amide bonds. The highest BCUT2D eigenvalue weighted by Crippen LogP contribution is 2.01. The van der Waals surface area contributed by atoms with Crippen molar-refractivity contribution in [2.75, 3.05) is 0 Å². The molecule has 0 aromatic carbocycles. The van der Waals surface area contributed by atoms with Crippen molar-refractivity contribution >= 4 is 17.4 Å². The monoisotopic (exact) mass is 185 g/mol. The van der Waals surface area contributed by atoms with Crippen LogP contribution in [0.3, 0.4) is 0 Å². The molecule has 0 N–H and O–H groups in total. The molecule has 0 aliphatic carbocycles. The molecule has 0 aliphatic rings. The van der Waals surface area contributed by atoms with Gasteiger partial charge in [-0.1, -0.05) is 18.7 Å². The van der Waals surface area contributed by atoms with Crippen molar-refractivity contribution in [2.45, 2.75) is 6.92 Å². The zero-order valence-corrected chi connectivity index (χ0v) is 7.47. The van der Waals surface area contributed by atoms with Crippen LogP contribution >= 0.6 is 0 Å². The van der Waals surface area contributed by atoms with Gasteiger partial charge in [-0.3, -0.25) is 9.00 Å². The molecule has 3 nitrogen and oxygen atoms in total. The minimum Gasteiger partial charge on any atom is -0.768 e. The zero-order chi connectivity index (χ0) is 9.56. The van der Waals surface area contributed by atoms with Gasteiger partial charge in [0.2, 0.25) is 0 Å². The number of aldehydes is 1. The Morgan fingerprint density at radius 2 is 2.08 bits per heavy atom. The molecule has 4 heteroatoms. The van der Waals surface area contributed by atoms with E-state index in [2.05, 4.69) is 6.58 Å². The van der Waals surface area contributed by atoms with Crippen LogP contribution in [-0.2, 0) is 15.9 Å². The number of hydrogen-bond acceptors (Lipinski definition) is 3. The number of carbonyl (C=O) groups excluding carboxylic acids is 1. The number of carbonyl (C=O) groups is 1. The van der Waals surface area contributed by atoms with Crippen LogP contribution in [0.15, 0.2) is 35.3 Å². The molecular weight excluding hydrogens is 176 g/mol. The van der Waals surface area contributed by atoms with Gasteiger partial charge in [-0.2, -0.15) is 0 Å². The predicted octanol–water partition coefficient (Wildman–Crippen LogP) is 1.08. The number of allylic oxidation sites excluding steroid dienone is 4. The number of rotatable bonds is 4. The highest BCUT2D eigenvalue weighted by molar-refractivity contribution is 7.83. The van der Waals surface area contributed by atoms with Gasteiger partial charge in [0.05, 0.1) is 0 Å². The minimum absolute atomic E-state index is 0.0659. The summed E-state index contributed by atoms with van der Waals surface area (Å²) in [5.41, 5.74) is 0.458. The van der Waals surface area contributed by atoms with Gasteiger partial charge in [-0.15, -0.1) is 0 Å². The molecule has 0 fully saturated rings. The van der Waals surface area contributed by atoms with Gasteiger partial charge in [-0.25, -0.2) is 0 Å². The average molecular weight is 185 g/mol. The Morgan fingerprint density at radius 3 is 2.42 bits per heavy atom. The fraction of sp³-hybridized carbons (Fsp3) is 0.125. The lowest BCUT2D eigenvalue weighted by atomic mass is 10.3. The molecule has 0 heterocycles. The second-order valence-electron chi connectivity index (χ2n) is 2.04. The largest absolute Gasteiger partial charge is 0.768 e. The lowest BCUT2D eigenvalue weighted by Gasteiger charge is -2.03. The first-order valence-electron chi connectivity index (χ1n) is 3.17. The van der Waals surface area contributed by atoms with E-state index in [-0.39, 0.29) is 4.91 Å². The summed E-state index contributed by atoms with van der Waals surface area (Å²) in [5.74, 6) is 0. The van der Waals surface area contributed by atoms with Crippen molar-refractivity contribution in [3.63, 3.8) is 0 Å². The first kappa shape index (κ1) is 11.0. The number of hydrogen-bond donors (Lipinski definition) is 0. The molecule has 1 unspecified atom stereocenters. The summed E-state index contributed by atoms with van der Waals surface area (Å²) in [5, 5.41) is 0. The summed E-state index contributed by atoms with van der Waals surface area (Å²) in [6.07, 6.45) is 4.59. The van der Waals surface area contributed by atoms with Crippen molar-refractivity contribution in [2.24, 2.45) is 0 Å². The molecule has 0 aromatic rings. The lowest BCUT2D eigenvalue weighted by Crippen LogP contribution is -1.88. The SMILES string of the molecule is C=C/C(=C\C=C(/C)C=O)S(=O)[O-]. The third-order valence-corrected chi connectivity index (χ3v) is 1.78. The summed E-state index contributed by atoms with van der Waals surface area (Å²) in [7, 11) is 0. The van der Waals surface area contributed by atoms with E-state index in [1.807, 2.05) is 0 Å². The van der Waals surface area contributed by atoms with Gasteiger partial charge in [0.15, 0.2) is 0 Å². The van der Waals surface area contributed by atoms with Gasteiger partial charge in [-0.05, 0) is 29.7 Å². The van der Waals surface area contributed by atoms with Crippen LogP contribution < -0.4 is 0 Å². The molecule has 0 radical (unpaired) electrons. The van der Waals surface area contributed by atoms with Crippen molar-refractivity contribution in [1.82, 2.24) is 0 Å². The molecule has 0 rings (SSSR count). The van der Waals surface area contributed by atoms with E-state index in [4.69, 9.17) is 0 Å². The van der Waals surface area contributed by atoms with Gasteiger partial charge < -0.3 is 4.55 Å². The third kappa shape index (κ3) is 4.00. The highest BCUT2D eigenvalue weighted by Gasteiger charge is 1.88. The van der Waals surface area contributed by atoms with Crippen molar-refractivity contribution in [1.29, 1.82) is 0 Å². The molecular formula is C8H9O3S-. The standard InChI is InChI=1S/C8H10O3S/c1-3-8(12(10)11)5-4-7(2)6-9/h3-6H,1H2,2H3,(H,10,11)/p-1/b7-4+,8-5+. The van der Waals surface area contributed by atoms with Crippen LogP contribution in [-0.4, -0.2) is 15.0 Å². The maximum atomic E-state index is 10.4. The molecule has 0 spiro atoms. The van der Waals surface area contributed by atoms with Crippen LogP contribution in [0.2, 0.25) is 0 Å². The van der Waals surface area contributed by atoms with E-state index >= 15 is 0 Å². The Bertz CT molecular complexity index is 263. The van der Waals surface area contributed by atoms with E-state index in [0.717, 1.165) is 0 Å².